The molecule has 2 rings (SSSR count). The molecule has 21 heavy (non-hydrogen) atoms. The van der Waals surface area contributed by atoms with Gasteiger partial charge in [0, 0.05) is 23.5 Å². The van der Waals surface area contributed by atoms with Crippen LogP contribution in [-0.4, -0.2) is 22.6 Å². The molecule has 0 aliphatic heterocycles. The Morgan fingerprint density at radius 2 is 2.00 bits per heavy atom. The Balaban J connectivity index is 2.25. The standard InChI is InChI=1S/C16H22ClN3S/c1-5-18-15(12-6-8-13(21-4)9-7-12)10-14-11(2)19-20(3)16(14)17/h6-9,15,18H,5,10H2,1-4H3. The van der Waals surface area contributed by atoms with Gasteiger partial charge in [-0.25, -0.2) is 0 Å². The van der Waals surface area contributed by atoms with E-state index in [0.717, 1.165) is 29.4 Å². The highest BCUT2D eigenvalue weighted by molar-refractivity contribution is 7.98. The number of likely N-dealkylation sites (N-methyl/N-ethyl adjacent to an activating group) is 1. The highest BCUT2D eigenvalue weighted by Crippen LogP contribution is 2.27. The SMILES string of the molecule is CCNC(Cc1c(C)nn(C)c1Cl)c1ccc(SC)cc1. The molecule has 2 aromatic rings. The van der Waals surface area contributed by atoms with Crippen LogP contribution in [0.25, 0.3) is 0 Å². The average Bonchev–Trinajstić information content (AvgIpc) is 2.73. The van der Waals surface area contributed by atoms with Crippen molar-refractivity contribution >= 4 is 23.4 Å². The highest BCUT2D eigenvalue weighted by Gasteiger charge is 2.18. The summed E-state index contributed by atoms with van der Waals surface area (Å²) in [5.41, 5.74) is 3.42. The van der Waals surface area contributed by atoms with Crippen molar-refractivity contribution in [2.24, 2.45) is 7.05 Å². The van der Waals surface area contributed by atoms with Crippen molar-refractivity contribution in [2.45, 2.75) is 31.2 Å². The Morgan fingerprint density at radius 3 is 2.48 bits per heavy atom. The van der Waals surface area contributed by atoms with Gasteiger partial charge in [0.25, 0.3) is 0 Å². The molecule has 0 radical (unpaired) electrons. The normalized spacial score (nSPS) is 12.6. The Kier molecular flexibility index (Phi) is 5.73. The van der Waals surface area contributed by atoms with Gasteiger partial charge in [0.05, 0.1) is 5.69 Å². The highest BCUT2D eigenvalue weighted by atomic mass is 35.5. The molecule has 1 heterocycles. The molecule has 114 valence electrons. The summed E-state index contributed by atoms with van der Waals surface area (Å²) in [5.74, 6) is 0. The summed E-state index contributed by atoms with van der Waals surface area (Å²) in [6.45, 7) is 5.06. The first-order valence-electron chi connectivity index (χ1n) is 7.12. The van der Waals surface area contributed by atoms with Gasteiger partial charge in [0.1, 0.15) is 5.15 Å². The van der Waals surface area contributed by atoms with Crippen molar-refractivity contribution in [3.05, 3.63) is 46.2 Å². The summed E-state index contributed by atoms with van der Waals surface area (Å²) >= 11 is 8.12. The number of hydrogen-bond acceptors (Lipinski definition) is 3. The van der Waals surface area contributed by atoms with Gasteiger partial charge in [-0.05, 0) is 43.8 Å². The van der Waals surface area contributed by atoms with Gasteiger partial charge in [-0.1, -0.05) is 30.7 Å². The Hall–Kier alpha value is -0.970. The molecule has 0 aliphatic rings. The lowest BCUT2D eigenvalue weighted by Crippen LogP contribution is -2.23. The molecule has 0 aliphatic carbocycles. The van der Waals surface area contributed by atoms with Crippen LogP contribution in [0.1, 0.15) is 29.8 Å². The van der Waals surface area contributed by atoms with Gasteiger partial charge in [0.15, 0.2) is 0 Å². The van der Waals surface area contributed by atoms with Crippen molar-refractivity contribution in [1.29, 1.82) is 0 Å². The quantitative estimate of drug-likeness (QED) is 0.815. The number of halogens is 1. The maximum absolute atomic E-state index is 6.36. The zero-order valence-electron chi connectivity index (χ0n) is 13.0. The largest absolute Gasteiger partial charge is 0.310 e. The molecule has 3 nitrogen and oxygen atoms in total. The van der Waals surface area contributed by atoms with Crippen LogP contribution in [0.3, 0.4) is 0 Å². The second-order valence-electron chi connectivity index (χ2n) is 5.07. The smallest absolute Gasteiger partial charge is 0.130 e. The van der Waals surface area contributed by atoms with E-state index in [4.69, 9.17) is 11.6 Å². The fourth-order valence-corrected chi connectivity index (χ4v) is 3.16. The fourth-order valence-electron chi connectivity index (χ4n) is 2.50. The molecular formula is C16H22ClN3S. The second-order valence-corrected chi connectivity index (χ2v) is 6.30. The van der Waals surface area contributed by atoms with Gasteiger partial charge in [-0.2, -0.15) is 5.10 Å². The monoisotopic (exact) mass is 323 g/mol. The molecule has 1 N–H and O–H groups in total. The van der Waals surface area contributed by atoms with E-state index in [1.807, 2.05) is 14.0 Å². The zero-order chi connectivity index (χ0) is 15.4. The van der Waals surface area contributed by atoms with Crippen molar-refractivity contribution in [3.8, 4) is 0 Å². The minimum Gasteiger partial charge on any atom is -0.310 e. The first kappa shape index (κ1) is 16.4. The molecule has 0 amide bonds. The third-order valence-electron chi connectivity index (χ3n) is 3.65. The Morgan fingerprint density at radius 1 is 1.33 bits per heavy atom. The lowest BCUT2D eigenvalue weighted by molar-refractivity contribution is 0.548. The van der Waals surface area contributed by atoms with Crippen LogP contribution >= 0.6 is 23.4 Å². The van der Waals surface area contributed by atoms with Crippen LogP contribution in [0, 0.1) is 6.92 Å². The minimum atomic E-state index is 0.256. The minimum absolute atomic E-state index is 0.256. The van der Waals surface area contributed by atoms with Crippen LogP contribution in [0.5, 0.6) is 0 Å². The number of nitrogens with one attached hydrogen (secondary N) is 1. The van der Waals surface area contributed by atoms with Gasteiger partial charge in [0.2, 0.25) is 0 Å². The molecule has 0 saturated heterocycles. The maximum Gasteiger partial charge on any atom is 0.130 e. The molecule has 0 bridgehead atoms. The maximum atomic E-state index is 6.36. The number of nitrogens with zero attached hydrogens (tertiary/aromatic N) is 2. The Labute approximate surface area is 136 Å². The summed E-state index contributed by atoms with van der Waals surface area (Å²) in [5, 5.41) is 8.68. The van der Waals surface area contributed by atoms with Crippen LogP contribution in [0.15, 0.2) is 29.2 Å². The number of aromatic nitrogens is 2. The van der Waals surface area contributed by atoms with E-state index >= 15 is 0 Å². The summed E-state index contributed by atoms with van der Waals surface area (Å²) in [4.78, 5) is 1.28. The second kappa shape index (κ2) is 7.34. The lowest BCUT2D eigenvalue weighted by Gasteiger charge is -2.19. The molecule has 1 unspecified atom stereocenters. The third-order valence-corrected chi connectivity index (χ3v) is 4.86. The van der Waals surface area contributed by atoms with Crippen molar-refractivity contribution < 1.29 is 0 Å². The summed E-state index contributed by atoms with van der Waals surface area (Å²) in [6.07, 6.45) is 2.94. The van der Waals surface area contributed by atoms with Crippen LogP contribution in [-0.2, 0) is 13.5 Å². The zero-order valence-corrected chi connectivity index (χ0v) is 14.6. The summed E-state index contributed by atoms with van der Waals surface area (Å²) in [6, 6.07) is 8.98. The topological polar surface area (TPSA) is 29.9 Å². The van der Waals surface area contributed by atoms with Crippen molar-refractivity contribution in [3.63, 3.8) is 0 Å². The predicted molar refractivity (Wildman–Crippen MR) is 91.3 cm³/mol. The number of aryl methyl sites for hydroxylation is 2. The molecule has 0 fully saturated rings. The van der Waals surface area contributed by atoms with Gasteiger partial charge in [-0.3, -0.25) is 4.68 Å². The summed E-state index contributed by atoms with van der Waals surface area (Å²) < 4.78 is 1.74. The number of hydrogen-bond donors (Lipinski definition) is 1. The van der Waals surface area contributed by atoms with Gasteiger partial charge < -0.3 is 5.32 Å². The first-order valence-corrected chi connectivity index (χ1v) is 8.72. The fraction of sp³-hybridized carbons (Fsp3) is 0.438. The lowest BCUT2D eigenvalue weighted by atomic mass is 9.99. The van der Waals surface area contributed by atoms with Gasteiger partial charge in [-0.15, -0.1) is 11.8 Å². The van der Waals surface area contributed by atoms with Crippen molar-refractivity contribution in [1.82, 2.24) is 15.1 Å². The average molecular weight is 324 g/mol. The van der Waals surface area contributed by atoms with Crippen LogP contribution in [0.2, 0.25) is 5.15 Å². The molecule has 1 aromatic carbocycles. The molecular weight excluding hydrogens is 302 g/mol. The van der Waals surface area contributed by atoms with Crippen LogP contribution in [0.4, 0.5) is 0 Å². The first-order chi connectivity index (χ1) is 10.1. The van der Waals surface area contributed by atoms with E-state index in [0.29, 0.717) is 0 Å². The van der Waals surface area contributed by atoms with E-state index in [1.165, 1.54) is 10.5 Å². The van der Waals surface area contributed by atoms with E-state index in [1.54, 1.807) is 16.4 Å². The third kappa shape index (κ3) is 3.82. The molecule has 0 spiro atoms. The van der Waals surface area contributed by atoms with Gasteiger partial charge >= 0.3 is 0 Å². The molecule has 5 heteroatoms. The van der Waals surface area contributed by atoms with E-state index < -0.39 is 0 Å². The molecule has 1 aromatic heterocycles. The summed E-state index contributed by atoms with van der Waals surface area (Å²) in [7, 11) is 1.88. The van der Waals surface area contributed by atoms with Crippen LogP contribution < -0.4 is 5.32 Å². The van der Waals surface area contributed by atoms with E-state index in [-0.39, 0.29) is 6.04 Å². The Bertz CT molecular complexity index is 592. The number of benzene rings is 1. The predicted octanol–water partition coefficient (Wildman–Crippen LogP) is 4.00. The molecule has 0 saturated carbocycles. The van der Waals surface area contributed by atoms with E-state index in [9.17, 15) is 0 Å². The van der Waals surface area contributed by atoms with Crippen molar-refractivity contribution in [2.75, 3.05) is 12.8 Å². The number of rotatable bonds is 6. The number of thioether (sulfide) groups is 1. The van der Waals surface area contributed by atoms with E-state index in [2.05, 4.69) is 47.9 Å². The molecule has 1 atom stereocenters.